The van der Waals surface area contributed by atoms with Crippen molar-refractivity contribution in [3.05, 3.63) is 30.3 Å². The molecular formula is C11H18O4Si. The number of hydrogen-bond acceptors (Lipinski definition) is 4. The highest BCUT2D eigenvalue weighted by molar-refractivity contribution is 6.54. The molecule has 0 aliphatic rings. The maximum atomic E-state index is 5.70. The monoisotopic (exact) mass is 242 g/mol. The zero-order valence-electron chi connectivity index (χ0n) is 9.93. The van der Waals surface area contributed by atoms with Crippen LogP contribution >= 0.6 is 0 Å². The molecule has 0 fully saturated rings. The quantitative estimate of drug-likeness (QED) is 0.687. The molecule has 0 aliphatic carbocycles. The van der Waals surface area contributed by atoms with Crippen molar-refractivity contribution in [3.8, 4) is 5.75 Å². The van der Waals surface area contributed by atoms with Gasteiger partial charge in [0, 0.05) is 20.3 Å². The molecule has 1 aromatic rings. The Hall–Kier alpha value is -0.883. The topological polar surface area (TPSA) is 36.9 Å². The van der Waals surface area contributed by atoms with Crippen molar-refractivity contribution in [3.63, 3.8) is 0 Å². The van der Waals surface area contributed by atoms with Crippen molar-refractivity contribution >= 4 is 9.05 Å². The molecule has 4 nitrogen and oxygen atoms in total. The summed E-state index contributed by atoms with van der Waals surface area (Å²) >= 11 is 0. The molecule has 0 amide bonds. The normalized spacial score (nSPS) is 11.4. The first-order chi connectivity index (χ1) is 7.76. The molecule has 0 aromatic heterocycles. The second kappa shape index (κ2) is 6.65. The minimum Gasteiger partial charge on any atom is -0.480 e. The lowest BCUT2D eigenvalue weighted by Crippen LogP contribution is -2.51. The number of rotatable bonds is 7. The highest BCUT2D eigenvalue weighted by Gasteiger charge is 2.46. The maximum absolute atomic E-state index is 5.70. The Morgan fingerprint density at radius 1 is 1.00 bits per heavy atom. The van der Waals surface area contributed by atoms with Gasteiger partial charge in [-0.1, -0.05) is 18.2 Å². The molecular weight excluding hydrogens is 224 g/mol. The zero-order chi connectivity index (χ0) is 11.9. The summed E-state index contributed by atoms with van der Waals surface area (Å²) in [5, 5.41) is 0. The van der Waals surface area contributed by atoms with Gasteiger partial charge in [-0.25, -0.2) is 0 Å². The van der Waals surface area contributed by atoms with E-state index in [1.54, 1.807) is 7.11 Å². The summed E-state index contributed by atoms with van der Waals surface area (Å²) in [5.74, 6) is 0.693. The predicted octanol–water partition coefficient (Wildman–Crippen LogP) is 2.22. The summed E-state index contributed by atoms with van der Waals surface area (Å²) in [5.41, 5.74) is 0. The average molecular weight is 242 g/mol. The van der Waals surface area contributed by atoms with Gasteiger partial charge in [0.15, 0.2) is 0 Å². The Kier molecular flexibility index (Phi) is 5.48. The molecule has 1 rings (SSSR count). The maximum Gasteiger partial charge on any atom is 0.749 e. The first-order valence-electron chi connectivity index (χ1n) is 5.33. The average Bonchev–Trinajstić information content (AvgIpc) is 2.31. The van der Waals surface area contributed by atoms with Crippen LogP contribution in [0.4, 0.5) is 0 Å². The molecule has 0 spiro atoms. The van der Waals surface area contributed by atoms with E-state index in [9.17, 15) is 0 Å². The molecule has 0 radical (unpaired) electrons. The van der Waals surface area contributed by atoms with Crippen LogP contribution in [-0.2, 0) is 13.3 Å². The Labute approximate surface area is 97.6 Å². The van der Waals surface area contributed by atoms with E-state index in [4.69, 9.17) is 17.7 Å². The van der Waals surface area contributed by atoms with Gasteiger partial charge in [-0.3, -0.25) is 0 Å². The molecule has 5 heteroatoms. The minimum atomic E-state index is -3.01. The lowest BCUT2D eigenvalue weighted by molar-refractivity contribution is 0.0223. The molecule has 0 atom stereocenters. The number of para-hydroxylation sites is 1. The van der Waals surface area contributed by atoms with E-state index in [2.05, 4.69) is 0 Å². The third kappa shape index (κ3) is 3.60. The van der Waals surface area contributed by atoms with Crippen molar-refractivity contribution in [2.24, 2.45) is 0 Å². The summed E-state index contributed by atoms with van der Waals surface area (Å²) in [6, 6.07) is 9.39. The Morgan fingerprint density at radius 2 is 1.56 bits per heavy atom. The van der Waals surface area contributed by atoms with Gasteiger partial charge >= 0.3 is 9.05 Å². The van der Waals surface area contributed by atoms with E-state index in [1.165, 1.54) is 0 Å². The van der Waals surface area contributed by atoms with Crippen LogP contribution in [0.5, 0.6) is 5.75 Å². The van der Waals surface area contributed by atoms with Crippen LogP contribution in [0.2, 0.25) is 0 Å². The standard InChI is InChI=1S/C11H18O4Si/c1-4-13-16(12-3,14-5-2)15-11-9-7-6-8-10-11/h6-10H,4-5H2,1-3H3. The highest BCUT2D eigenvalue weighted by atomic mass is 28.4. The molecule has 0 unspecified atom stereocenters. The molecule has 0 N–H and O–H groups in total. The van der Waals surface area contributed by atoms with Crippen molar-refractivity contribution in [2.75, 3.05) is 20.3 Å². The third-order valence-corrected chi connectivity index (χ3v) is 4.15. The fourth-order valence-electron chi connectivity index (χ4n) is 1.25. The summed E-state index contributed by atoms with van der Waals surface area (Å²) in [6.07, 6.45) is 0. The predicted molar refractivity (Wildman–Crippen MR) is 63.1 cm³/mol. The SMILES string of the molecule is CCO[Si](OC)(OCC)Oc1ccccc1. The fourth-order valence-corrected chi connectivity index (χ4v) is 2.90. The molecule has 90 valence electrons. The van der Waals surface area contributed by atoms with Gasteiger partial charge in [0.1, 0.15) is 5.75 Å². The molecule has 0 heterocycles. The van der Waals surface area contributed by atoms with Crippen LogP contribution in [0.25, 0.3) is 0 Å². The first kappa shape index (κ1) is 13.2. The van der Waals surface area contributed by atoms with E-state index in [0.29, 0.717) is 19.0 Å². The summed E-state index contributed by atoms with van der Waals surface area (Å²) in [4.78, 5) is 0. The van der Waals surface area contributed by atoms with Crippen molar-refractivity contribution < 1.29 is 17.7 Å². The van der Waals surface area contributed by atoms with Gasteiger partial charge in [0.2, 0.25) is 0 Å². The Balaban J connectivity index is 2.76. The summed E-state index contributed by atoms with van der Waals surface area (Å²) < 4.78 is 22.0. The highest BCUT2D eigenvalue weighted by Crippen LogP contribution is 2.17. The Bertz CT molecular complexity index is 285. The number of benzene rings is 1. The smallest absolute Gasteiger partial charge is 0.480 e. The second-order valence-electron chi connectivity index (χ2n) is 2.99. The van der Waals surface area contributed by atoms with E-state index in [1.807, 2.05) is 44.2 Å². The van der Waals surface area contributed by atoms with Gasteiger partial charge in [0.05, 0.1) is 0 Å². The van der Waals surface area contributed by atoms with Crippen molar-refractivity contribution in [2.45, 2.75) is 13.8 Å². The van der Waals surface area contributed by atoms with Crippen LogP contribution in [0.15, 0.2) is 30.3 Å². The summed E-state index contributed by atoms with van der Waals surface area (Å²) in [6.45, 7) is 4.75. The minimum absolute atomic E-state index is 0.493. The second-order valence-corrected chi connectivity index (χ2v) is 5.17. The van der Waals surface area contributed by atoms with Crippen LogP contribution in [0.3, 0.4) is 0 Å². The van der Waals surface area contributed by atoms with Crippen LogP contribution in [0.1, 0.15) is 13.8 Å². The van der Waals surface area contributed by atoms with Gasteiger partial charge in [-0.05, 0) is 26.0 Å². The van der Waals surface area contributed by atoms with E-state index in [0.717, 1.165) is 0 Å². The zero-order valence-corrected chi connectivity index (χ0v) is 10.9. The van der Waals surface area contributed by atoms with E-state index < -0.39 is 9.05 Å². The lowest BCUT2D eigenvalue weighted by Gasteiger charge is -2.25. The van der Waals surface area contributed by atoms with Crippen LogP contribution < -0.4 is 4.43 Å². The molecule has 0 aliphatic heterocycles. The molecule has 1 aromatic carbocycles. The van der Waals surface area contributed by atoms with Gasteiger partial charge in [0.25, 0.3) is 0 Å². The van der Waals surface area contributed by atoms with E-state index >= 15 is 0 Å². The molecule has 0 saturated carbocycles. The largest absolute Gasteiger partial charge is 0.749 e. The fraction of sp³-hybridized carbons (Fsp3) is 0.455. The summed E-state index contributed by atoms with van der Waals surface area (Å²) in [7, 11) is -1.47. The Morgan fingerprint density at radius 3 is 2.00 bits per heavy atom. The van der Waals surface area contributed by atoms with Crippen LogP contribution in [0, 0.1) is 0 Å². The first-order valence-corrected chi connectivity index (χ1v) is 6.96. The molecule has 0 saturated heterocycles. The number of hydrogen-bond donors (Lipinski definition) is 0. The van der Waals surface area contributed by atoms with Crippen LogP contribution in [-0.4, -0.2) is 29.4 Å². The third-order valence-electron chi connectivity index (χ3n) is 1.88. The van der Waals surface area contributed by atoms with Crippen molar-refractivity contribution in [1.29, 1.82) is 0 Å². The lowest BCUT2D eigenvalue weighted by atomic mass is 10.3. The van der Waals surface area contributed by atoms with Crippen molar-refractivity contribution in [1.82, 2.24) is 0 Å². The molecule has 0 bridgehead atoms. The molecule has 16 heavy (non-hydrogen) atoms. The van der Waals surface area contributed by atoms with E-state index in [-0.39, 0.29) is 0 Å². The van der Waals surface area contributed by atoms with Gasteiger partial charge in [-0.15, -0.1) is 0 Å². The van der Waals surface area contributed by atoms with Gasteiger partial charge < -0.3 is 17.7 Å². The van der Waals surface area contributed by atoms with Gasteiger partial charge in [-0.2, -0.15) is 0 Å².